The van der Waals surface area contributed by atoms with E-state index in [1.54, 1.807) is 6.92 Å². The molecule has 0 heterocycles. The lowest BCUT2D eigenvalue weighted by atomic mass is 10.2. The molecule has 2 aromatic rings. The first-order chi connectivity index (χ1) is 13.2. The molecule has 2 aromatic carbocycles. The highest BCUT2D eigenvalue weighted by Crippen LogP contribution is 2.23. The lowest BCUT2D eigenvalue weighted by Gasteiger charge is -2.20. The monoisotopic (exact) mass is 398 g/mol. The molecular weight excluding hydrogens is 380 g/mol. The number of carbonyl (C=O) groups excluding carboxylic acids is 2. The Kier molecular flexibility index (Phi) is 6.97. The average molecular weight is 398 g/mol. The molecule has 0 aliphatic rings. The maximum Gasteiger partial charge on any atom is 0.573 e. The number of rotatable bonds is 7. The molecule has 0 saturated carbocycles. The number of nitrogens with zero attached hydrogens (tertiary/aromatic N) is 1. The third-order valence-corrected chi connectivity index (χ3v) is 3.74. The van der Waals surface area contributed by atoms with Crippen molar-refractivity contribution in [1.82, 2.24) is 10.2 Å². The maximum absolute atomic E-state index is 12.9. The Morgan fingerprint density at radius 2 is 1.64 bits per heavy atom. The highest BCUT2D eigenvalue weighted by Gasteiger charge is 2.31. The van der Waals surface area contributed by atoms with Crippen molar-refractivity contribution in [1.29, 1.82) is 0 Å². The number of benzene rings is 2. The van der Waals surface area contributed by atoms with Crippen molar-refractivity contribution in [3.63, 3.8) is 0 Å². The number of amides is 2. The van der Waals surface area contributed by atoms with Crippen LogP contribution in [0.4, 0.5) is 17.6 Å². The van der Waals surface area contributed by atoms with Gasteiger partial charge in [0, 0.05) is 18.7 Å². The summed E-state index contributed by atoms with van der Waals surface area (Å²) in [5.74, 6) is -1.75. The molecule has 0 atom stereocenters. The summed E-state index contributed by atoms with van der Waals surface area (Å²) in [6.07, 6.45) is -4.82. The zero-order valence-corrected chi connectivity index (χ0v) is 14.9. The van der Waals surface area contributed by atoms with Crippen molar-refractivity contribution in [2.24, 2.45) is 0 Å². The smallest absolute Gasteiger partial charge is 0.406 e. The van der Waals surface area contributed by atoms with E-state index in [-0.39, 0.29) is 31.0 Å². The summed E-state index contributed by atoms with van der Waals surface area (Å²) in [6.45, 7) is 1.85. The third kappa shape index (κ3) is 6.57. The molecule has 0 radical (unpaired) electrons. The predicted octanol–water partition coefficient (Wildman–Crippen LogP) is 3.50. The number of carbonyl (C=O) groups is 2. The van der Waals surface area contributed by atoms with E-state index in [2.05, 4.69) is 10.1 Å². The van der Waals surface area contributed by atoms with E-state index in [1.165, 1.54) is 41.3 Å². The molecule has 28 heavy (non-hydrogen) atoms. The van der Waals surface area contributed by atoms with Crippen LogP contribution in [0.15, 0.2) is 48.5 Å². The Morgan fingerprint density at radius 3 is 2.18 bits per heavy atom. The van der Waals surface area contributed by atoms with Gasteiger partial charge in [0.15, 0.2) is 0 Å². The topological polar surface area (TPSA) is 58.6 Å². The lowest BCUT2D eigenvalue weighted by Crippen LogP contribution is -2.40. The normalized spacial score (nSPS) is 11.0. The Bertz CT molecular complexity index is 805. The van der Waals surface area contributed by atoms with Gasteiger partial charge in [0.2, 0.25) is 5.91 Å². The number of ether oxygens (including phenoxy) is 1. The number of alkyl halides is 3. The number of hydrogen-bond acceptors (Lipinski definition) is 3. The highest BCUT2D eigenvalue weighted by molar-refractivity contribution is 5.96. The average Bonchev–Trinajstić information content (AvgIpc) is 2.64. The molecule has 1 N–H and O–H groups in total. The SMILES string of the molecule is CCN(CC(=O)NCc1ccc(F)cc1)C(=O)c1ccc(OC(F)(F)F)cc1. The predicted molar refractivity (Wildman–Crippen MR) is 92.9 cm³/mol. The zero-order chi connectivity index (χ0) is 20.7. The Balaban J connectivity index is 1.93. The number of nitrogens with one attached hydrogen (secondary N) is 1. The fourth-order valence-electron chi connectivity index (χ4n) is 2.34. The van der Waals surface area contributed by atoms with Crippen molar-refractivity contribution in [2.75, 3.05) is 13.1 Å². The van der Waals surface area contributed by atoms with E-state index < -0.39 is 23.9 Å². The summed E-state index contributed by atoms with van der Waals surface area (Å²) in [4.78, 5) is 25.8. The minimum absolute atomic E-state index is 0.128. The van der Waals surface area contributed by atoms with Crippen LogP contribution in [-0.2, 0) is 11.3 Å². The maximum atomic E-state index is 12.9. The quantitative estimate of drug-likeness (QED) is 0.727. The summed E-state index contributed by atoms with van der Waals surface area (Å²) in [7, 11) is 0. The molecular formula is C19H18F4N2O3. The molecule has 5 nitrogen and oxygen atoms in total. The van der Waals surface area contributed by atoms with E-state index in [0.717, 1.165) is 12.1 Å². The van der Waals surface area contributed by atoms with E-state index in [4.69, 9.17) is 0 Å². The van der Waals surface area contributed by atoms with Crippen molar-refractivity contribution in [3.05, 3.63) is 65.5 Å². The molecule has 0 aliphatic heterocycles. The van der Waals surface area contributed by atoms with Crippen LogP contribution in [0.5, 0.6) is 5.75 Å². The number of likely N-dealkylation sites (N-methyl/N-ethyl adjacent to an activating group) is 1. The minimum atomic E-state index is -4.82. The van der Waals surface area contributed by atoms with Gasteiger partial charge in [-0.25, -0.2) is 4.39 Å². The summed E-state index contributed by atoms with van der Waals surface area (Å²) < 4.78 is 53.2. The van der Waals surface area contributed by atoms with Crippen LogP contribution >= 0.6 is 0 Å². The van der Waals surface area contributed by atoms with E-state index in [0.29, 0.717) is 5.56 Å². The first-order valence-electron chi connectivity index (χ1n) is 8.34. The van der Waals surface area contributed by atoms with Crippen molar-refractivity contribution in [2.45, 2.75) is 19.8 Å². The summed E-state index contributed by atoms with van der Waals surface area (Å²) in [5, 5.41) is 2.62. The molecule has 150 valence electrons. The van der Waals surface area contributed by atoms with Gasteiger partial charge in [0.05, 0.1) is 6.54 Å². The van der Waals surface area contributed by atoms with Crippen LogP contribution < -0.4 is 10.1 Å². The minimum Gasteiger partial charge on any atom is -0.406 e. The van der Waals surface area contributed by atoms with Gasteiger partial charge >= 0.3 is 6.36 Å². The van der Waals surface area contributed by atoms with Crippen LogP contribution in [0.2, 0.25) is 0 Å². The van der Waals surface area contributed by atoms with Crippen molar-refractivity contribution >= 4 is 11.8 Å². The van der Waals surface area contributed by atoms with Gasteiger partial charge in [-0.1, -0.05) is 12.1 Å². The molecule has 0 spiro atoms. The largest absolute Gasteiger partial charge is 0.573 e. The first-order valence-corrected chi connectivity index (χ1v) is 8.34. The summed E-state index contributed by atoms with van der Waals surface area (Å²) in [5.41, 5.74) is 0.826. The van der Waals surface area contributed by atoms with Gasteiger partial charge in [-0.3, -0.25) is 9.59 Å². The van der Waals surface area contributed by atoms with Crippen molar-refractivity contribution in [3.8, 4) is 5.75 Å². The van der Waals surface area contributed by atoms with Crippen LogP contribution in [0.3, 0.4) is 0 Å². The zero-order valence-electron chi connectivity index (χ0n) is 14.9. The molecule has 0 fully saturated rings. The summed E-state index contributed by atoms with van der Waals surface area (Å²) in [6, 6.07) is 10.1. The first kappa shape index (κ1) is 21.2. The van der Waals surface area contributed by atoms with Gasteiger partial charge in [0.25, 0.3) is 5.91 Å². The van der Waals surface area contributed by atoms with Crippen LogP contribution in [-0.4, -0.2) is 36.2 Å². The second-order valence-corrected chi connectivity index (χ2v) is 5.79. The molecule has 2 amide bonds. The number of hydrogen-bond donors (Lipinski definition) is 1. The Hall–Kier alpha value is -3.10. The Morgan fingerprint density at radius 1 is 1.04 bits per heavy atom. The second kappa shape index (κ2) is 9.20. The van der Waals surface area contributed by atoms with Gasteiger partial charge in [0.1, 0.15) is 11.6 Å². The van der Waals surface area contributed by atoms with Gasteiger partial charge in [-0.15, -0.1) is 13.2 Å². The molecule has 0 unspecified atom stereocenters. The van der Waals surface area contributed by atoms with E-state index in [1.807, 2.05) is 0 Å². The molecule has 9 heteroatoms. The molecule has 0 aliphatic carbocycles. The van der Waals surface area contributed by atoms with Crippen molar-refractivity contribution < 1.29 is 31.9 Å². The van der Waals surface area contributed by atoms with Crippen LogP contribution in [0.1, 0.15) is 22.8 Å². The fraction of sp³-hybridized carbons (Fsp3) is 0.263. The standard InChI is InChI=1S/C19H18F4N2O3/c1-2-25(12-17(26)24-11-13-3-7-15(20)8-4-13)18(27)14-5-9-16(10-6-14)28-19(21,22)23/h3-10H,2,11-12H2,1H3,(H,24,26). The molecule has 2 rings (SSSR count). The summed E-state index contributed by atoms with van der Waals surface area (Å²) >= 11 is 0. The molecule has 0 bridgehead atoms. The third-order valence-electron chi connectivity index (χ3n) is 3.74. The molecule has 0 aromatic heterocycles. The van der Waals surface area contributed by atoms with Crippen LogP contribution in [0, 0.1) is 5.82 Å². The van der Waals surface area contributed by atoms with Gasteiger partial charge < -0.3 is 15.0 Å². The molecule has 0 saturated heterocycles. The van der Waals surface area contributed by atoms with E-state index in [9.17, 15) is 27.2 Å². The Labute approximate surface area is 158 Å². The van der Waals surface area contributed by atoms with Gasteiger partial charge in [-0.2, -0.15) is 0 Å². The second-order valence-electron chi connectivity index (χ2n) is 5.79. The lowest BCUT2D eigenvalue weighted by molar-refractivity contribution is -0.274. The van der Waals surface area contributed by atoms with Gasteiger partial charge in [-0.05, 0) is 48.9 Å². The number of halogens is 4. The van der Waals surface area contributed by atoms with E-state index >= 15 is 0 Å². The highest BCUT2D eigenvalue weighted by atomic mass is 19.4. The fourth-order valence-corrected chi connectivity index (χ4v) is 2.34. The van der Waals surface area contributed by atoms with Crippen LogP contribution in [0.25, 0.3) is 0 Å².